The highest BCUT2D eigenvalue weighted by atomic mass is 35.5. The Labute approximate surface area is 134 Å². The summed E-state index contributed by atoms with van der Waals surface area (Å²) in [5, 5.41) is 20.8. The van der Waals surface area contributed by atoms with Gasteiger partial charge in [-0.3, -0.25) is 0 Å². The van der Waals surface area contributed by atoms with Gasteiger partial charge in [0.15, 0.2) is 23.8 Å². The molecule has 3 aliphatic heterocycles. The van der Waals surface area contributed by atoms with Crippen molar-refractivity contribution in [2.45, 2.75) is 37.0 Å². The largest absolute Gasteiger partial charge is 1.00 e. The molecule has 1 aromatic carbocycles. The van der Waals surface area contributed by atoms with Gasteiger partial charge in [-0.05, 0) is 24.1 Å². The minimum atomic E-state index is -0.709. The van der Waals surface area contributed by atoms with E-state index in [2.05, 4.69) is 10.8 Å². The molecule has 4 aliphatic rings. The van der Waals surface area contributed by atoms with E-state index < -0.39 is 12.2 Å². The van der Waals surface area contributed by atoms with Crippen LogP contribution in [0.2, 0.25) is 0 Å². The molecule has 118 valence electrons. The molecule has 0 radical (unpaired) electrons. The smallest absolute Gasteiger partial charge is 0.231 e. The monoisotopic (exact) mass is 323 g/mol. The van der Waals surface area contributed by atoms with Crippen LogP contribution >= 0.6 is 0 Å². The van der Waals surface area contributed by atoms with E-state index in [9.17, 15) is 10.2 Å². The number of nitrogens with zero attached hydrogens (tertiary/aromatic N) is 1. The lowest BCUT2D eigenvalue weighted by Crippen LogP contribution is -3.00. The normalized spacial score (nSPS) is 37.0. The quantitative estimate of drug-likeness (QED) is 0.517. The summed E-state index contributed by atoms with van der Waals surface area (Å²) in [6.45, 7) is 1.25. The van der Waals surface area contributed by atoms with Crippen LogP contribution in [0, 0.1) is 5.92 Å². The maximum absolute atomic E-state index is 10.6. The second-order valence-corrected chi connectivity index (χ2v) is 6.56. The third kappa shape index (κ3) is 1.76. The number of ether oxygens (including phenoxy) is 2. The summed E-state index contributed by atoms with van der Waals surface area (Å²) >= 11 is 0. The molecular formula is C16H18ClNO4. The van der Waals surface area contributed by atoms with E-state index >= 15 is 0 Å². The van der Waals surface area contributed by atoms with Crippen LogP contribution in [-0.4, -0.2) is 52.6 Å². The van der Waals surface area contributed by atoms with E-state index in [4.69, 9.17) is 9.47 Å². The van der Waals surface area contributed by atoms with Crippen molar-refractivity contribution in [2.75, 3.05) is 13.3 Å². The van der Waals surface area contributed by atoms with E-state index in [-0.39, 0.29) is 25.1 Å². The summed E-state index contributed by atoms with van der Waals surface area (Å²) in [7, 11) is 0. The molecule has 2 N–H and O–H groups in total. The molecule has 0 unspecified atom stereocenters. The minimum Gasteiger partial charge on any atom is -1.00 e. The molecule has 1 aromatic rings. The summed E-state index contributed by atoms with van der Waals surface area (Å²) in [6.07, 6.45) is 2.63. The first kappa shape index (κ1) is 14.3. The van der Waals surface area contributed by atoms with Crippen LogP contribution in [0.4, 0.5) is 0 Å². The zero-order valence-electron chi connectivity index (χ0n) is 12.0. The highest BCUT2D eigenvalue weighted by Crippen LogP contribution is 2.48. The van der Waals surface area contributed by atoms with Crippen LogP contribution in [0.5, 0.6) is 11.5 Å². The number of aliphatic hydroxyl groups excluding tert-OH is 2. The van der Waals surface area contributed by atoms with Crippen LogP contribution in [0.15, 0.2) is 12.1 Å². The van der Waals surface area contributed by atoms with Crippen molar-refractivity contribution in [1.82, 2.24) is 0 Å². The Morgan fingerprint density at radius 2 is 1.91 bits per heavy atom. The molecule has 1 saturated heterocycles. The van der Waals surface area contributed by atoms with Crippen molar-refractivity contribution in [2.24, 2.45) is 5.92 Å². The predicted octanol–water partition coefficient (Wildman–Crippen LogP) is -2.54. The third-order valence-corrected chi connectivity index (χ3v) is 5.54. The maximum atomic E-state index is 10.6. The molecule has 3 heterocycles. The molecule has 0 aromatic heterocycles. The van der Waals surface area contributed by atoms with Gasteiger partial charge in [-0.1, -0.05) is 0 Å². The van der Waals surface area contributed by atoms with Gasteiger partial charge in [0.2, 0.25) is 6.79 Å². The van der Waals surface area contributed by atoms with E-state index in [1.165, 1.54) is 0 Å². The van der Waals surface area contributed by atoms with Crippen molar-refractivity contribution in [3.8, 4) is 11.5 Å². The predicted molar refractivity (Wildman–Crippen MR) is 74.1 cm³/mol. The van der Waals surface area contributed by atoms with Gasteiger partial charge in [-0.25, -0.2) is 4.58 Å². The van der Waals surface area contributed by atoms with Gasteiger partial charge in [-0.15, -0.1) is 0 Å². The lowest BCUT2D eigenvalue weighted by atomic mass is 9.69. The molecular weight excluding hydrogens is 306 g/mol. The SMILES string of the molecule is O[C@@H]1[C@H]2c3cc4c(cc3C=[N+]3CC[C@H](C[C@@H]1O)[C@H]23)OCO4.[Cl-]. The summed E-state index contributed by atoms with van der Waals surface area (Å²) < 4.78 is 13.3. The van der Waals surface area contributed by atoms with Crippen LogP contribution in [0.3, 0.4) is 0 Å². The molecule has 22 heavy (non-hydrogen) atoms. The fraction of sp³-hybridized carbons (Fsp3) is 0.562. The second-order valence-electron chi connectivity index (χ2n) is 6.56. The van der Waals surface area contributed by atoms with Gasteiger partial charge >= 0.3 is 0 Å². The van der Waals surface area contributed by atoms with Crippen LogP contribution < -0.4 is 21.9 Å². The van der Waals surface area contributed by atoms with Crippen molar-refractivity contribution in [1.29, 1.82) is 0 Å². The average Bonchev–Trinajstić information content (AvgIpc) is 3.08. The first-order valence-corrected chi connectivity index (χ1v) is 7.62. The Balaban J connectivity index is 0.00000125. The Morgan fingerprint density at radius 3 is 2.73 bits per heavy atom. The van der Waals surface area contributed by atoms with Crippen molar-refractivity contribution in [3.05, 3.63) is 23.3 Å². The third-order valence-electron chi connectivity index (χ3n) is 5.54. The first-order chi connectivity index (χ1) is 10.2. The molecule has 0 amide bonds. The van der Waals surface area contributed by atoms with Crippen LogP contribution in [0.25, 0.3) is 0 Å². The lowest BCUT2D eigenvalue weighted by Gasteiger charge is -2.39. The number of rotatable bonds is 0. The number of benzene rings is 1. The molecule has 6 heteroatoms. The topological polar surface area (TPSA) is 61.9 Å². The number of aliphatic hydroxyl groups is 2. The number of fused-ring (bicyclic) bond motifs is 3. The fourth-order valence-electron chi connectivity index (χ4n) is 4.62. The van der Waals surface area contributed by atoms with Gasteiger partial charge < -0.3 is 32.1 Å². The van der Waals surface area contributed by atoms with Crippen LogP contribution in [0.1, 0.15) is 29.9 Å². The van der Waals surface area contributed by atoms with Gasteiger partial charge in [0.1, 0.15) is 6.54 Å². The van der Waals surface area contributed by atoms with E-state index in [1.54, 1.807) is 0 Å². The summed E-state index contributed by atoms with van der Waals surface area (Å²) in [4.78, 5) is 0. The Kier molecular flexibility index (Phi) is 3.15. The zero-order valence-corrected chi connectivity index (χ0v) is 12.7. The lowest BCUT2D eigenvalue weighted by molar-refractivity contribution is -0.554. The molecule has 5 rings (SSSR count). The first-order valence-electron chi connectivity index (χ1n) is 7.62. The summed E-state index contributed by atoms with van der Waals surface area (Å²) in [6, 6.07) is 4.29. The molecule has 0 spiro atoms. The second kappa shape index (κ2) is 4.85. The highest BCUT2D eigenvalue weighted by Gasteiger charge is 2.55. The molecule has 5 nitrogen and oxygen atoms in total. The van der Waals surface area contributed by atoms with E-state index in [0.29, 0.717) is 18.4 Å². The van der Waals surface area contributed by atoms with Gasteiger partial charge in [0.05, 0.1) is 18.1 Å². The molecule has 0 bridgehead atoms. The maximum Gasteiger partial charge on any atom is 0.231 e. The zero-order chi connectivity index (χ0) is 14.1. The summed E-state index contributed by atoms with van der Waals surface area (Å²) in [5.41, 5.74) is 2.16. The van der Waals surface area contributed by atoms with Crippen molar-refractivity contribution >= 4 is 6.21 Å². The minimum absolute atomic E-state index is 0. The molecule has 5 atom stereocenters. The van der Waals surface area contributed by atoms with E-state index in [0.717, 1.165) is 35.6 Å². The van der Waals surface area contributed by atoms with Gasteiger partial charge in [-0.2, -0.15) is 0 Å². The molecule has 1 saturated carbocycles. The Bertz CT molecular complexity index is 662. The van der Waals surface area contributed by atoms with Crippen molar-refractivity contribution < 1.29 is 36.7 Å². The number of hydrogen-bond acceptors (Lipinski definition) is 4. The molecule has 2 fully saturated rings. The van der Waals surface area contributed by atoms with E-state index in [1.807, 2.05) is 12.1 Å². The fourth-order valence-corrected chi connectivity index (χ4v) is 4.62. The summed E-state index contributed by atoms with van der Waals surface area (Å²) in [5.74, 6) is 1.93. The number of halogens is 1. The van der Waals surface area contributed by atoms with Crippen molar-refractivity contribution in [3.63, 3.8) is 0 Å². The van der Waals surface area contributed by atoms with Gasteiger partial charge in [0.25, 0.3) is 0 Å². The van der Waals surface area contributed by atoms with Gasteiger partial charge in [0, 0.05) is 17.9 Å². The Morgan fingerprint density at radius 1 is 1.14 bits per heavy atom. The molecule has 1 aliphatic carbocycles. The standard InChI is InChI=1S/C16H18NO4.ClH/c18-11-3-8-1-2-17-6-9-4-12-13(21-7-20-12)5-10(9)14(15(8)17)16(11)19;/h4-6,8,11,14-16,18-19H,1-3,7H2;1H/q+1;/p-1/t8-,11+,14+,15-,16+;/m1./s1. The average molecular weight is 324 g/mol. The van der Waals surface area contributed by atoms with Crippen LogP contribution in [-0.2, 0) is 0 Å². The highest BCUT2D eigenvalue weighted by molar-refractivity contribution is 5.82. The Hall–Kier alpha value is -1.30. The number of hydrogen-bond donors (Lipinski definition) is 2.